The van der Waals surface area contributed by atoms with Crippen molar-refractivity contribution in [3.8, 4) is 0 Å². The standard InChI is InChI=1S/C11H12ClN3/c12-11-10(7-5-8(13)6-7)15-4-2-1-3-9(15)14-11/h1-4,7-8H,5-6,13H2. The van der Waals surface area contributed by atoms with Gasteiger partial charge in [-0.1, -0.05) is 17.7 Å². The van der Waals surface area contributed by atoms with Crippen molar-refractivity contribution in [2.75, 3.05) is 0 Å². The van der Waals surface area contributed by atoms with E-state index < -0.39 is 0 Å². The average Bonchev–Trinajstić information content (AvgIpc) is 2.49. The molecule has 78 valence electrons. The zero-order chi connectivity index (χ0) is 10.4. The lowest BCUT2D eigenvalue weighted by atomic mass is 9.79. The fourth-order valence-corrected chi connectivity index (χ4v) is 2.57. The average molecular weight is 222 g/mol. The van der Waals surface area contributed by atoms with E-state index in [2.05, 4.69) is 9.38 Å². The highest BCUT2D eigenvalue weighted by Gasteiger charge is 2.31. The van der Waals surface area contributed by atoms with Gasteiger partial charge in [-0.3, -0.25) is 0 Å². The summed E-state index contributed by atoms with van der Waals surface area (Å²) in [5, 5.41) is 0.623. The van der Waals surface area contributed by atoms with Crippen LogP contribution in [0.4, 0.5) is 0 Å². The molecule has 1 saturated carbocycles. The van der Waals surface area contributed by atoms with Gasteiger partial charge in [0.15, 0.2) is 5.15 Å². The van der Waals surface area contributed by atoms with Gasteiger partial charge in [-0.05, 0) is 25.0 Å². The molecule has 0 aliphatic heterocycles. The molecular weight excluding hydrogens is 210 g/mol. The molecule has 0 bridgehead atoms. The van der Waals surface area contributed by atoms with Crippen LogP contribution in [0.5, 0.6) is 0 Å². The number of nitrogens with two attached hydrogens (primary N) is 1. The third-order valence-corrected chi connectivity index (χ3v) is 3.36. The maximum Gasteiger partial charge on any atom is 0.151 e. The van der Waals surface area contributed by atoms with E-state index in [0.29, 0.717) is 17.1 Å². The Morgan fingerprint density at radius 2 is 2.20 bits per heavy atom. The predicted molar refractivity (Wildman–Crippen MR) is 60.2 cm³/mol. The van der Waals surface area contributed by atoms with Crippen LogP contribution in [0.2, 0.25) is 5.15 Å². The zero-order valence-electron chi connectivity index (χ0n) is 8.23. The highest BCUT2D eigenvalue weighted by Crippen LogP contribution is 2.39. The zero-order valence-corrected chi connectivity index (χ0v) is 8.98. The van der Waals surface area contributed by atoms with E-state index in [-0.39, 0.29) is 0 Å². The van der Waals surface area contributed by atoms with Crippen LogP contribution in [0.3, 0.4) is 0 Å². The van der Waals surface area contributed by atoms with Crippen LogP contribution in [-0.4, -0.2) is 15.4 Å². The molecule has 3 rings (SSSR count). The molecule has 0 unspecified atom stereocenters. The summed E-state index contributed by atoms with van der Waals surface area (Å²) in [7, 11) is 0. The van der Waals surface area contributed by atoms with Crippen LogP contribution >= 0.6 is 11.6 Å². The molecule has 0 saturated heterocycles. The Hall–Kier alpha value is -1.06. The molecular formula is C11H12ClN3. The molecule has 1 aliphatic carbocycles. The molecule has 3 nitrogen and oxygen atoms in total. The summed E-state index contributed by atoms with van der Waals surface area (Å²) < 4.78 is 2.07. The Bertz CT molecular complexity index is 500. The molecule has 2 aromatic rings. The summed E-state index contributed by atoms with van der Waals surface area (Å²) in [6.45, 7) is 0. The number of imidazole rings is 1. The van der Waals surface area contributed by atoms with Gasteiger partial charge in [-0.15, -0.1) is 0 Å². The third kappa shape index (κ3) is 1.34. The van der Waals surface area contributed by atoms with E-state index in [1.165, 1.54) is 0 Å². The van der Waals surface area contributed by atoms with E-state index in [4.69, 9.17) is 17.3 Å². The second-order valence-corrected chi connectivity index (χ2v) is 4.50. The molecule has 0 aromatic carbocycles. The summed E-state index contributed by atoms with van der Waals surface area (Å²) in [5.74, 6) is 0.477. The maximum absolute atomic E-state index is 6.15. The van der Waals surface area contributed by atoms with Crippen LogP contribution in [0.15, 0.2) is 24.4 Å². The largest absolute Gasteiger partial charge is 0.328 e. The maximum atomic E-state index is 6.15. The number of aromatic nitrogens is 2. The van der Waals surface area contributed by atoms with E-state index in [1.807, 2.05) is 24.4 Å². The van der Waals surface area contributed by atoms with E-state index >= 15 is 0 Å². The number of fused-ring (bicyclic) bond motifs is 1. The Labute approximate surface area is 92.9 Å². The van der Waals surface area contributed by atoms with Gasteiger partial charge in [-0.2, -0.15) is 0 Å². The SMILES string of the molecule is NC1CC(c2c(Cl)nc3ccccn23)C1. The number of nitrogens with zero attached hydrogens (tertiary/aromatic N) is 2. The Morgan fingerprint density at radius 1 is 1.40 bits per heavy atom. The van der Waals surface area contributed by atoms with Crippen LogP contribution in [0, 0.1) is 0 Å². The molecule has 0 spiro atoms. The van der Waals surface area contributed by atoms with Gasteiger partial charge < -0.3 is 10.1 Å². The van der Waals surface area contributed by atoms with Gasteiger partial charge in [0.2, 0.25) is 0 Å². The number of hydrogen-bond acceptors (Lipinski definition) is 2. The molecule has 2 heterocycles. The summed E-state index contributed by atoms with van der Waals surface area (Å²) in [6, 6.07) is 6.26. The van der Waals surface area contributed by atoms with Gasteiger partial charge in [-0.25, -0.2) is 4.98 Å². The summed E-state index contributed by atoms with van der Waals surface area (Å²) in [6.07, 6.45) is 4.04. The van der Waals surface area contributed by atoms with Crippen molar-refractivity contribution in [2.24, 2.45) is 5.73 Å². The first-order valence-electron chi connectivity index (χ1n) is 5.14. The number of halogens is 1. The van der Waals surface area contributed by atoms with Crippen LogP contribution < -0.4 is 5.73 Å². The monoisotopic (exact) mass is 221 g/mol. The van der Waals surface area contributed by atoms with Crippen molar-refractivity contribution in [2.45, 2.75) is 24.8 Å². The van der Waals surface area contributed by atoms with Crippen molar-refractivity contribution in [1.29, 1.82) is 0 Å². The van der Waals surface area contributed by atoms with Gasteiger partial charge in [0.1, 0.15) is 5.65 Å². The Morgan fingerprint density at radius 3 is 2.93 bits per heavy atom. The van der Waals surface area contributed by atoms with Crippen LogP contribution in [0.25, 0.3) is 5.65 Å². The van der Waals surface area contributed by atoms with Crippen molar-refractivity contribution in [1.82, 2.24) is 9.38 Å². The van der Waals surface area contributed by atoms with Crippen molar-refractivity contribution < 1.29 is 0 Å². The first-order valence-corrected chi connectivity index (χ1v) is 5.51. The van der Waals surface area contributed by atoms with Crippen molar-refractivity contribution >= 4 is 17.2 Å². The molecule has 0 atom stereocenters. The summed E-state index contributed by atoms with van der Waals surface area (Å²) in [5.41, 5.74) is 7.83. The predicted octanol–water partition coefficient (Wildman–Crippen LogP) is 2.19. The molecule has 0 radical (unpaired) electrons. The third-order valence-electron chi connectivity index (χ3n) is 3.08. The second-order valence-electron chi connectivity index (χ2n) is 4.15. The van der Waals surface area contributed by atoms with Gasteiger partial charge in [0, 0.05) is 18.2 Å². The normalized spacial score (nSPS) is 25.5. The molecule has 1 fully saturated rings. The molecule has 1 aliphatic rings. The number of hydrogen-bond donors (Lipinski definition) is 1. The van der Waals surface area contributed by atoms with Crippen molar-refractivity contribution in [3.05, 3.63) is 35.2 Å². The fraction of sp³-hybridized carbons (Fsp3) is 0.364. The first-order chi connectivity index (χ1) is 7.25. The van der Waals surface area contributed by atoms with E-state index in [1.54, 1.807) is 0 Å². The minimum atomic E-state index is 0.334. The smallest absolute Gasteiger partial charge is 0.151 e. The minimum absolute atomic E-state index is 0.334. The first kappa shape index (κ1) is 9.19. The quantitative estimate of drug-likeness (QED) is 0.802. The molecule has 2 N–H and O–H groups in total. The topological polar surface area (TPSA) is 43.3 Å². The molecule has 15 heavy (non-hydrogen) atoms. The minimum Gasteiger partial charge on any atom is -0.328 e. The lowest BCUT2D eigenvalue weighted by Crippen LogP contribution is -2.35. The lowest BCUT2D eigenvalue weighted by molar-refractivity contribution is 0.344. The fourth-order valence-electron chi connectivity index (χ4n) is 2.24. The van der Waals surface area contributed by atoms with Gasteiger partial charge in [0.05, 0.1) is 5.69 Å². The highest BCUT2D eigenvalue weighted by atomic mass is 35.5. The Balaban J connectivity index is 2.12. The molecule has 0 amide bonds. The van der Waals surface area contributed by atoms with E-state index in [9.17, 15) is 0 Å². The lowest BCUT2D eigenvalue weighted by Gasteiger charge is -2.32. The highest BCUT2D eigenvalue weighted by molar-refractivity contribution is 6.30. The Kier molecular flexibility index (Phi) is 1.97. The summed E-state index contributed by atoms with van der Waals surface area (Å²) in [4.78, 5) is 4.33. The molecule has 4 heteroatoms. The van der Waals surface area contributed by atoms with Gasteiger partial charge in [0.25, 0.3) is 0 Å². The number of pyridine rings is 1. The second kappa shape index (κ2) is 3.22. The van der Waals surface area contributed by atoms with Gasteiger partial charge >= 0.3 is 0 Å². The van der Waals surface area contributed by atoms with Crippen LogP contribution in [0.1, 0.15) is 24.5 Å². The molecule has 2 aromatic heterocycles. The van der Waals surface area contributed by atoms with Crippen LogP contribution in [-0.2, 0) is 0 Å². The summed E-state index contributed by atoms with van der Waals surface area (Å²) >= 11 is 6.15. The number of rotatable bonds is 1. The van der Waals surface area contributed by atoms with Crippen molar-refractivity contribution in [3.63, 3.8) is 0 Å². The van der Waals surface area contributed by atoms with E-state index in [0.717, 1.165) is 24.2 Å².